The van der Waals surface area contributed by atoms with Crippen LogP contribution in [0.3, 0.4) is 0 Å². The Bertz CT molecular complexity index is 1280. The molecule has 0 aliphatic carbocycles. The highest BCUT2D eigenvalue weighted by Crippen LogP contribution is 2.24. The second kappa shape index (κ2) is 8.39. The molecule has 4 rings (SSSR count). The van der Waals surface area contributed by atoms with E-state index in [-0.39, 0.29) is 5.56 Å². The average Bonchev–Trinajstić information content (AvgIpc) is 2.74. The fourth-order valence-corrected chi connectivity index (χ4v) is 3.70. The van der Waals surface area contributed by atoms with Crippen molar-refractivity contribution in [3.8, 4) is 11.4 Å². The number of hydrogen-bond donors (Lipinski definition) is 0. The van der Waals surface area contributed by atoms with E-state index in [2.05, 4.69) is 22.6 Å². The first-order valence-electron chi connectivity index (χ1n) is 8.86. The van der Waals surface area contributed by atoms with Crippen LogP contribution in [0.25, 0.3) is 28.7 Å². The summed E-state index contributed by atoms with van der Waals surface area (Å²) in [6, 6.07) is 20.5. The minimum Gasteiger partial charge on any atom is -0.495 e. The third-order valence-electron chi connectivity index (χ3n) is 4.48. The van der Waals surface area contributed by atoms with Gasteiger partial charge in [-0.3, -0.25) is 9.36 Å². The summed E-state index contributed by atoms with van der Waals surface area (Å²) >= 11 is 8.17. The quantitative estimate of drug-likeness (QED) is 0.322. The molecule has 0 aliphatic rings. The Morgan fingerprint density at radius 3 is 2.55 bits per heavy atom. The lowest BCUT2D eigenvalue weighted by molar-refractivity contribution is 0.412. The Morgan fingerprint density at radius 1 is 1.03 bits per heavy atom. The summed E-state index contributed by atoms with van der Waals surface area (Å²) in [5, 5.41) is 1.23. The predicted octanol–water partition coefficient (Wildman–Crippen LogP) is 5.82. The van der Waals surface area contributed by atoms with E-state index in [0.29, 0.717) is 33.2 Å². The fraction of sp³-hybridized carbons (Fsp3) is 0.0435. The van der Waals surface area contributed by atoms with Gasteiger partial charge in [-0.15, -0.1) is 0 Å². The minimum absolute atomic E-state index is 0.145. The van der Waals surface area contributed by atoms with Gasteiger partial charge < -0.3 is 4.74 Å². The Morgan fingerprint density at radius 2 is 1.79 bits per heavy atom. The lowest BCUT2D eigenvalue weighted by Crippen LogP contribution is -2.23. The number of aromatic nitrogens is 2. The van der Waals surface area contributed by atoms with Crippen LogP contribution in [-0.2, 0) is 0 Å². The second-order valence-electron chi connectivity index (χ2n) is 6.33. The van der Waals surface area contributed by atoms with Crippen molar-refractivity contribution < 1.29 is 4.74 Å². The molecule has 0 saturated carbocycles. The summed E-state index contributed by atoms with van der Waals surface area (Å²) in [6.45, 7) is 0. The molecule has 144 valence electrons. The highest BCUT2D eigenvalue weighted by molar-refractivity contribution is 14.1. The first kappa shape index (κ1) is 19.7. The summed E-state index contributed by atoms with van der Waals surface area (Å²) < 4.78 is 8.06. The standard InChI is InChI=1S/C23H16ClIN2O2/c1-29-21-5-3-2-4-20(21)27-22(13-8-15-6-9-16(24)10-7-15)26-19-12-11-17(25)14-18(19)23(27)28/h2-14H,1H3/b13-8+. The molecule has 0 fully saturated rings. The average molecular weight is 515 g/mol. The molecule has 1 aromatic heterocycles. The first-order valence-corrected chi connectivity index (χ1v) is 10.3. The number of fused-ring (bicyclic) bond motifs is 1. The lowest BCUT2D eigenvalue weighted by Gasteiger charge is -2.14. The molecule has 0 radical (unpaired) electrons. The van der Waals surface area contributed by atoms with Crippen LogP contribution in [0, 0.1) is 3.57 Å². The fourth-order valence-electron chi connectivity index (χ4n) is 3.08. The molecule has 0 aliphatic heterocycles. The minimum atomic E-state index is -0.145. The van der Waals surface area contributed by atoms with E-state index in [1.807, 2.05) is 78.9 Å². The molecular formula is C23H16ClIN2O2. The number of nitrogens with zero attached hydrogens (tertiary/aromatic N) is 2. The van der Waals surface area contributed by atoms with E-state index in [0.717, 1.165) is 9.13 Å². The van der Waals surface area contributed by atoms with Crippen LogP contribution in [0.5, 0.6) is 5.75 Å². The summed E-state index contributed by atoms with van der Waals surface area (Å²) in [4.78, 5) is 18.2. The highest BCUT2D eigenvalue weighted by atomic mass is 127. The number of para-hydroxylation sites is 2. The molecule has 0 bridgehead atoms. The third-order valence-corrected chi connectivity index (χ3v) is 5.40. The molecule has 0 spiro atoms. The maximum Gasteiger partial charge on any atom is 0.266 e. The number of benzene rings is 3. The number of ether oxygens (including phenoxy) is 1. The molecule has 0 saturated heterocycles. The Kier molecular flexibility index (Phi) is 5.69. The number of hydrogen-bond acceptors (Lipinski definition) is 3. The normalized spacial score (nSPS) is 11.3. The van der Waals surface area contributed by atoms with E-state index in [1.165, 1.54) is 0 Å². The lowest BCUT2D eigenvalue weighted by atomic mass is 10.2. The van der Waals surface area contributed by atoms with E-state index in [9.17, 15) is 4.79 Å². The first-order chi connectivity index (χ1) is 14.1. The smallest absolute Gasteiger partial charge is 0.266 e. The molecular weight excluding hydrogens is 499 g/mol. The van der Waals surface area contributed by atoms with Crippen molar-refractivity contribution in [2.75, 3.05) is 7.11 Å². The van der Waals surface area contributed by atoms with Crippen molar-refractivity contribution in [3.63, 3.8) is 0 Å². The number of methoxy groups -OCH3 is 1. The van der Waals surface area contributed by atoms with Crippen LogP contribution in [0.4, 0.5) is 0 Å². The Labute approximate surface area is 186 Å². The van der Waals surface area contributed by atoms with Crippen molar-refractivity contribution in [3.05, 3.63) is 97.1 Å². The third kappa shape index (κ3) is 4.06. The largest absolute Gasteiger partial charge is 0.495 e. The molecule has 1 heterocycles. The molecule has 0 N–H and O–H groups in total. The predicted molar refractivity (Wildman–Crippen MR) is 127 cm³/mol. The molecule has 0 amide bonds. The summed E-state index contributed by atoms with van der Waals surface area (Å²) in [5.74, 6) is 1.12. The van der Waals surface area contributed by atoms with Gasteiger partial charge in [0.2, 0.25) is 0 Å². The maximum atomic E-state index is 13.4. The SMILES string of the molecule is COc1ccccc1-n1c(/C=C/c2ccc(Cl)cc2)nc2ccc(I)cc2c1=O. The number of halogens is 2. The summed E-state index contributed by atoms with van der Waals surface area (Å²) in [5.41, 5.74) is 2.10. The van der Waals surface area contributed by atoms with Gasteiger partial charge in [0.1, 0.15) is 11.6 Å². The molecule has 0 unspecified atom stereocenters. The zero-order chi connectivity index (χ0) is 20.4. The van der Waals surface area contributed by atoms with Gasteiger partial charge in [-0.25, -0.2) is 4.98 Å². The zero-order valence-corrected chi connectivity index (χ0v) is 18.4. The van der Waals surface area contributed by atoms with Crippen molar-refractivity contribution in [1.82, 2.24) is 9.55 Å². The molecule has 29 heavy (non-hydrogen) atoms. The highest BCUT2D eigenvalue weighted by Gasteiger charge is 2.14. The molecule has 4 aromatic rings. The van der Waals surface area contributed by atoms with Gasteiger partial charge in [-0.1, -0.05) is 41.9 Å². The second-order valence-corrected chi connectivity index (χ2v) is 8.01. The molecule has 4 nitrogen and oxygen atoms in total. The van der Waals surface area contributed by atoms with Crippen molar-refractivity contribution in [1.29, 1.82) is 0 Å². The van der Waals surface area contributed by atoms with Crippen molar-refractivity contribution in [2.24, 2.45) is 0 Å². The van der Waals surface area contributed by atoms with E-state index in [1.54, 1.807) is 11.7 Å². The number of rotatable bonds is 4. The van der Waals surface area contributed by atoms with Crippen LogP contribution in [0.2, 0.25) is 5.02 Å². The van der Waals surface area contributed by atoms with Gasteiger partial charge in [0.05, 0.1) is 23.7 Å². The van der Waals surface area contributed by atoms with E-state index in [4.69, 9.17) is 21.3 Å². The molecule has 3 aromatic carbocycles. The Balaban J connectivity index is 1.98. The maximum absolute atomic E-state index is 13.4. The van der Waals surface area contributed by atoms with E-state index >= 15 is 0 Å². The van der Waals surface area contributed by atoms with Gasteiger partial charge in [-0.2, -0.15) is 0 Å². The van der Waals surface area contributed by atoms with Crippen LogP contribution in [-0.4, -0.2) is 16.7 Å². The van der Waals surface area contributed by atoms with Crippen LogP contribution >= 0.6 is 34.2 Å². The van der Waals surface area contributed by atoms with Crippen LogP contribution in [0.15, 0.2) is 71.5 Å². The topological polar surface area (TPSA) is 44.1 Å². The summed E-state index contributed by atoms with van der Waals surface area (Å²) in [7, 11) is 1.59. The van der Waals surface area contributed by atoms with Gasteiger partial charge in [0.15, 0.2) is 0 Å². The van der Waals surface area contributed by atoms with Gasteiger partial charge in [0.25, 0.3) is 5.56 Å². The van der Waals surface area contributed by atoms with Crippen LogP contribution in [0.1, 0.15) is 11.4 Å². The van der Waals surface area contributed by atoms with Crippen LogP contribution < -0.4 is 10.3 Å². The van der Waals surface area contributed by atoms with E-state index < -0.39 is 0 Å². The zero-order valence-electron chi connectivity index (χ0n) is 15.5. The Hall–Kier alpha value is -2.64. The van der Waals surface area contributed by atoms with Gasteiger partial charge in [0, 0.05) is 8.59 Å². The molecule has 0 atom stereocenters. The van der Waals surface area contributed by atoms with Gasteiger partial charge >= 0.3 is 0 Å². The van der Waals surface area contributed by atoms with Gasteiger partial charge in [-0.05, 0) is 76.7 Å². The molecule has 6 heteroatoms. The summed E-state index contributed by atoms with van der Waals surface area (Å²) in [6.07, 6.45) is 3.73. The van der Waals surface area contributed by atoms with Crippen molar-refractivity contribution in [2.45, 2.75) is 0 Å². The monoisotopic (exact) mass is 514 g/mol. The van der Waals surface area contributed by atoms with Crippen molar-refractivity contribution >= 4 is 57.2 Å².